The monoisotopic (exact) mass is 373 g/mol. The zero-order chi connectivity index (χ0) is 18.5. The molecule has 0 bridgehead atoms. The molecule has 0 saturated carbocycles. The van der Waals surface area contributed by atoms with Crippen molar-refractivity contribution >= 4 is 29.1 Å². The van der Waals surface area contributed by atoms with Crippen molar-refractivity contribution < 1.29 is 19.6 Å². The Hall–Kier alpha value is -2.37. The van der Waals surface area contributed by atoms with E-state index < -0.39 is 6.04 Å². The van der Waals surface area contributed by atoms with Crippen LogP contribution < -0.4 is 15.0 Å². The predicted molar refractivity (Wildman–Crippen MR) is 100 cm³/mol. The average Bonchev–Trinajstić information content (AvgIpc) is 2.93. The smallest absolute Gasteiger partial charge is 0.292 e. The fraction of sp³-hybridized carbons (Fsp3) is 0.300. The molecule has 0 radical (unpaired) electrons. The lowest BCUT2D eigenvalue weighted by atomic mass is 10.2. The van der Waals surface area contributed by atoms with E-state index in [9.17, 15) is 9.59 Å². The van der Waals surface area contributed by atoms with Gasteiger partial charge in [-0.2, -0.15) is 0 Å². The number of hydrogen-bond donors (Lipinski definition) is 1. The number of carbonyl (C=O) groups is 2. The number of ether oxygens (including phenoxy) is 1. The van der Waals surface area contributed by atoms with Crippen molar-refractivity contribution in [3.8, 4) is 5.75 Å². The summed E-state index contributed by atoms with van der Waals surface area (Å²) in [5.74, 6) is 0.390. The summed E-state index contributed by atoms with van der Waals surface area (Å²) in [6, 6.07) is 14.2. The minimum Gasteiger partial charge on any atom is -0.494 e. The maximum absolute atomic E-state index is 12.7. The first-order chi connectivity index (χ1) is 12.6. The highest BCUT2D eigenvalue weighted by Crippen LogP contribution is 2.24. The van der Waals surface area contributed by atoms with Crippen LogP contribution >= 0.6 is 11.6 Å². The first-order valence-corrected chi connectivity index (χ1v) is 9.13. The van der Waals surface area contributed by atoms with Crippen LogP contribution in [0.5, 0.6) is 5.75 Å². The third-order valence-electron chi connectivity index (χ3n) is 4.30. The summed E-state index contributed by atoms with van der Waals surface area (Å²) in [5.41, 5.74) is 1.65. The van der Waals surface area contributed by atoms with Crippen LogP contribution in [0.25, 0.3) is 0 Å². The molecule has 0 unspecified atom stereocenters. The predicted octanol–water partition coefficient (Wildman–Crippen LogP) is 2.52. The van der Waals surface area contributed by atoms with Gasteiger partial charge in [-0.05, 0) is 42.8 Å². The van der Waals surface area contributed by atoms with Crippen LogP contribution in [-0.4, -0.2) is 24.5 Å². The average molecular weight is 374 g/mol. The summed E-state index contributed by atoms with van der Waals surface area (Å²) in [4.78, 5) is 26.3. The first-order valence-electron chi connectivity index (χ1n) is 8.76. The number of anilines is 1. The van der Waals surface area contributed by atoms with Gasteiger partial charge in [-0.1, -0.05) is 30.7 Å². The van der Waals surface area contributed by atoms with Crippen LogP contribution in [0.1, 0.15) is 25.3 Å². The number of nitrogens with zero attached hydrogens (tertiary/aromatic N) is 1. The van der Waals surface area contributed by atoms with E-state index in [1.807, 2.05) is 36.5 Å². The molecule has 2 aromatic carbocycles. The molecular formula is C20H22ClN2O3+. The van der Waals surface area contributed by atoms with Crippen LogP contribution in [-0.2, 0) is 16.1 Å². The lowest BCUT2D eigenvalue weighted by Gasteiger charge is -2.15. The van der Waals surface area contributed by atoms with E-state index >= 15 is 0 Å². The Kier molecular flexibility index (Phi) is 5.91. The second kappa shape index (κ2) is 8.34. The maximum atomic E-state index is 12.7. The molecule has 2 aromatic rings. The van der Waals surface area contributed by atoms with E-state index in [0.29, 0.717) is 23.9 Å². The standard InChI is InChI=1S/C20H21ClN2O3/c1-2-11-26-17-9-7-16(8-10-17)23-19(24)12-18(20(23)25)22-13-14-3-5-15(21)6-4-14/h3-10,18,22H,2,11-13H2,1H3/p+1/t18-/m1/s1. The Morgan fingerprint density at radius 2 is 1.81 bits per heavy atom. The number of quaternary nitrogens is 1. The maximum Gasteiger partial charge on any atom is 0.292 e. The fourth-order valence-electron chi connectivity index (χ4n) is 2.92. The van der Waals surface area contributed by atoms with Gasteiger partial charge in [-0.15, -0.1) is 0 Å². The molecule has 1 fully saturated rings. The minimum absolute atomic E-state index is 0.172. The highest BCUT2D eigenvalue weighted by Gasteiger charge is 2.42. The third-order valence-corrected chi connectivity index (χ3v) is 4.55. The molecule has 6 heteroatoms. The Morgan fingerprint density at radius 3 is 2.46 bits per heavy atom. The summed E-state index contributed by atoms with van der Waals surface area (Å²) in [5, 5.41) is 2.58. The molecule has 3 rings (SSSR count). The van der Waals surface area contributed by atoms with E-state index in [0.717, 1.165) is 17.7 Å². The third kappa shape index (κ3) is 4.23. The van der Waals surface area contributed by atoms with Gasteiger partial charge >= 0.3 is 0 Å². The minimum atomic E-state index is -0.394. The quantitative estimate of drug-likeness (QED) is 0.758. The molecule has 1 heterocycles. The number of rotatable bonds is 7. The molecule has 1 aliphatic rings. The molecular weight excluding hydrogens is 352 g/mol. The van der Waals surface area contributed by atoms with Gasteiger partial charge in [0.15, 0.2) is 6.04 Å². The van der Waals surface area contributed by atoms with Crippen LogP contribution in [0, 0.1) is 0 Å². The second-order valence-corrected chi connectivity index (χ2v) is 6.72. The van der Waals surface area contributed by atoms with E-state index in [-0.39, 0.29) is 18.2 Å². The zero-order valence-corrected chi connectivity index (χ0v) is 15.4. The van der Waals surface area contributed by atoms with Crippen LogP contribution in [0.4, 0.5) is 5.69 Å². The van der Waals surface area contributed by atoms with E-state index in [2.05, 4.69) is 0 Å². The number of amides is 2. The van der Waals surface area contributed by atoms with Crippen molar-refractivity contribution in [1.82, 2.24) is 0 Å². The van der Waals surface area contributed by atoms with Crippen LogP contribution in [0.2, 0.25) is 5.02 Å². The summed E-state index contributed by atoms with van der Waals surface area (Å²) < 4.78 is 5.54. The lowest BCUT2D eigenvalue weighted by Crippen LogP contribution is -2.90. The molecule has 1 saturated heterocycles. The SMILES string of the molecule is CCCOc1ccc(N2C(=O)C[C@@H]([NH2+]Cc3ccc(Cl)cc3)C2=O)cc1. The number of hydrogen-bond acceptors (Lipinski definition) is 3. The van der Waals surface area contributed by atoms with Crippen LogP contribution in [0.3, 0.4) is 0 Å². The fourth-order valence-corrected chi connectivity index (χ4v) is 3.05. The summed E-state index contributed by atoms with van der Waals surface area (Å²) in [6.07, 6.45) is 1.14. The Bertz CT molecular complexity index is 775. The first kappa shape index (κ1) is 18.4. The van der Waals surface area contributed by atoms with Gasteiger partial charge in [0.25, 0.3) is 5.91 Å². The molecule has 0 aromatic heterocycles. The van der Waals surface area contributed by atoms with Gasteiger partial charge in [0.05, 0.1) is 18.7 Å². The summed E-state index contributed by atoms with van der Waals surface area (Å²) >= 11 is 5.88. The largest absolute Gasteiger partial charge is 0.494 e. The van der Waals surface area contributed by atoms with Gasteiger partial charge in [-0.3, -0.25) is 9.59 Å². The summed E-state index contributed by atoms with van der Waals surface area (Å²) in [7, 11) is 0. The Morgan fingerprint density at radius 1 is 1.12 bits per heavy atom. The number of nitrogens with two attached hydrogens (primary N) is 1. The molecule has 2 amide bonds. The van der Waals surface area contributed by atoms with Gasteiger partial charge < -0.3 is 10.1 Å². The number of carbonyl (C=O) groups excluding carboxylic acids is 2. The number of halogens is 1. The van der Waals surface area contributed by atoms with Gasteiger partial charge in [-0.25, -0.2) is 4.90 Å². The van der Waals surface area contributed by atoms with E-state index in [1.165, 1.54) is 4.90 Å². The van der Waals surface area contributed by atoms with Crippen molar-refractivity contribution in [3.05, 3.63) is 59.1 Å². The normalized spacial score (nSPS) is 17.0. The van der Waals surface area contributed by atoms with Crippen molar-refractivity contribution in [3.63, 3.8) is 0 Å². The molecule has 1 aliphatic heterocycles. The van der Waals surface area contributed by atoms with E-state index in [1.54, 1.807) is 24.3 Å². The molecule has 0 aliphatic carbocycles. The Balaban J connectivity index is 1.63. The zero-order valence-electron chi connectivity index (χ0n) is 14.7. The van der Waals surface area contributed by atoms with Gasteiger partial charge in [0.2, 0.25) is 5.91 Å². The van der Waals surface area contributed by atoms with E-state index in [4.69, 9.17) is 16.3 Å². The van der Waals surface area contributed by atoms with Gasteiger partial charge in [0.1, 0.15) is 12.3 Å². The summed E-state index contributed by atoms with van der Waals surface area (Å²) in [6.45, 7) is 3.30. The van der Waals surface area contributed by atoms with Gasteiger partial charge in [0, 0.05) is 10.6 Å². The van der Waals surface area contributed by atoms with Crippen LogP contribution in [0.15, 0.2) is 48.5 Å². The van der Waals surface area contributed by atoms with Crippen molar-refractivity contribution in [2.45, 2.75) is 32.4 Å². The highest BCUT2D eigenvalue weighted by atomic mass is 35.5. The topological polar surface area (TPSA) is 63.2 Å². The molecule has 0 spiro atoms. The molecule has 2 N–H and O–H groups in total. The molecule has 5 nitrogen and oxygen atoms in total. The number of benzene rings is 2. The number of imide groups is 1. The van der Waals surface area contributed by atoms with Crippen molar-refractivity contribution in [2.24, 2.45) is 0 Å². The molecule has 136 valence electrons. The van der Waals surface area contributed by atoms with Crippen molar-refractivity contribution in [2.75, 3.05) is 11.5 Å². The lowest BCUT2D eigenvalue weighted by molar-refractivity contribution is -0.690. The Labute approximate surface area is 157 Å². The second-order valence-electron chi connectivity index (χ2n) is 6.29. The highest BCUT2D eigenvalue weighted by molar-refractivity contribution is 6.30. The van der Waals surface area contributed by atoms with Crippen molar-refractivity contribution in [1.29, 1.82) is 0 Å². The molecule has 26 heavy (non-hydrogen) atoms. The molecule has 1 atom stereocenters.